The Bertz CT molecular complexity index is 277. The van der Waals surface area contributed by atoms with Gasteiger partial charge < -0.3 is 10.6 Å². The van der Waals surface area contributed by atoms with Crippen LogP contribution < -0.4 is 5.73 Å². The number of nitrogens with two attached hydrogens (primary N) is 1. The molecule has 0 saturated carbocycles. The van der Waals surface area contributed by atoms with E-state index in [1.54, 1.807) is 0 Å². The maximum atomic E-state index is 11.2. The minimum atomic E-state index is -2.77. The quantitative estimate of drug-likeness (QED) is 0.715. The normalized spacial score (nSPS) is 28.1. The van der Waals surface area contributed by atoms with Crippen molar-refractivity contribution in [3.05, 3.63) is 0 Å². The second-order valence-electron chi connectivity index (χ2n) is 4.16. The lowest BCUT2D eigenvalue weighted by atomic mass is 10.2. The molecule has 0 bridgehead atoms. The van der Waals surface area contributed by atoms with Crippen LogP contribution in [0.1, 0.15) is 19.8 Å². The van der Waals surface area contributed by atoms with Gasteiger partial charge in [0.2, 0.25) is 0 Å². The summed E-state index contributed by atoms with van der Waals surface area (Å²) >= 11 is 0. The third-order valence-corrected chi connectivity index (χ3v) is 4.63. The minimum absolute atomic E-state index is 0.156. The molecule has 14 heavy (non-hydrogen) atoms. The van der Waals surface area contributed by atoms with Gasteiger partial charge in [0.05, 0.1) is 11.5 Å². The van der Waals surface area contributed by atoms with Gasteiger partial charge >= 0.3 is 0 Å². The fraction of sp³-hybridized carbons (Fsp3) is 1.00. The molecule has 0 aromatic rings. The van der Waals surface area contributed by atoms with Crippen molar-refractivity contribution < 1.29 is 8.42 Å². The Kier molecular flexibility index (Phi) is 3.92. The van der Waals surface area contributed by atoms with Gasteiger partial charge in [-0.3, -0.25) is 0 Å². The van der Waals surface area contributed by atoms with E-state index < -0.39 is 9.84 Å². The summed E-state index contributed by atoms with van der Waals surface area (Å²) < 4.78 is 22.5. The molecule has 1 fully saturated rings. The molecule has 0 spiro atoms. The fourth-order valence-corrected chi connectivity index (χ4v) is 3.58. The number of likely N-dealkylation sites (N-methyl/N-ethyl adjacent to an activating group) is 1. The van der Waals surface area contributed by atoms with Crippen LogP contribution in [0.15, 0.2) is 0 Å². The van der Waals surface area contributed by atoms with Crippen molar-refractivity contribution in [1.29, 1.82) is 0 Å². The van der Waals surface area contributed by atoms with E-state index in [1.807, 2.05) is 14.0 Å². The molecule has 84 valence electrons. The van der Waals surface area contributed by atoms with Crippen LogP contribution in [0.3, 0.4) is 0 Å². The summed E-state index contributed by atoms with van der Waals surface area (Å²) in [7, 11) is -0.806. The number of hydrogen-bond acceptors (Lipinski definition) is 4. The van der Waals surface area contributed by atoms with Crippen LogP contribution in [-0.4, -0.2) is 50.5 Å². The lowest BCUT2D eigenvalue weighted by molar-refractivity contribution is 0.244. The van der Waals surface area contributed by atoms with Gasteiger partial charge in [-0.05, 0) is 19.9 Å². The van der Waals surface area contributed by atoms with Gasteiger partial charge in [0.1, 0.15) is 0 Å². The molecule has 0 aromatic heterocycles. The average molecular weight is 220 g/mol. The molecule has 0 aromatic carbocycles. The molecule has 2 N–H and O–H groups in total. The molecule has 1 saturated heterocycles. The summed E-state index contributed by atoms with van der Waals surface area (Å²) in [5, 5.41) is 0. The van der Waals surface area contributed by atoms with Crippen LogP contribution in [0.4, 0.5) is 0 Å². The molecule has 0 aliphatic carbocycles. The summed E-state index contributed by atoms with van der Waals surface area (Å²) in [5.41, 5.74) is 5.82. The monoisotopic (exact) mass is 220 g/mol. The summed E-state index contributed by atoms with van der Waals surface area (Å²) in [5.74, 6) is 0.642. The Balaban J connectivity index is 2.43. The van der Waals surface area contributed by atoms with Crippen LogP contribution >= 0.6 is 0 Å². The van der Waals surface area contributed by atoms with E-state index in [-0.39, 0.29) is 12.1 Å². The molecule has 0 amide bonds. The molecular formula is C9H20N2O2S. The standard InChI is InChI=1S/C9H20N2O2S/c1-3-8(10)6-11(2)9-4-5-14(12,13)7-9/h8-9H,3-7,10H2,1-2H3. The van der Waals surface area contributed by atoms with Crippen LogP contribution in [0.5, 0.6) is 0 Å². The minimum Gasteiger partial charge on any atom is -0.327 e. The highest BCUT2D eigenvalue weighted by molar-refractivity contribution is 7.91. The van der Waals surface area contributed by atoms with Crippen LogP contribution in [-0.2, 0) is 9.84 Å². The number of nitrogens with zero attached hydrogens (tertiary/aromatic N) is 1. The van der Waals surface area contributed by atoms with Crippen molar-refractivity contribution >= 4 is 9.84 Å². The maximum absolute atomic E-state index is 11.2. The van der Waals surface area contributed by atoms with Gasteiger partial charge in [-0.1, -0.05) is 6.92 Å². The largest absolute Gasteiger partial charge is 0.327 e. The highest BCUT2D eigenvalue weighted by Crippen LogP contribution is 2.16. The Labute approximate surface area is 86.4 Å². The Hall–Kier alpha value is -0.130. The van der Waals surface area contributed by atoms with Crippen molar-refractivity contribution in [3.8, 4) is 0 Å². The maximum Gasteiger partial charge on any atom is 0.151 e. The molecule has 1 heterocycles. The summed E-state index contributed by atoms with van der Waals surface area (Å²) in [6.07, 6.45) is 1.69. The van der Waals surface area contributed by atoms with Gasteiger partial charge in [-0.25, -0.2) is 8.42 Å². The second-order valence-corrected chi connectivity index (χ2v) is 6.39. The number of sulfone groups is 1. The topological polar surface area (TPSA) is 63.4 Å². The zero-order valence-corrected chi connectivity index (χ0v) is 9.76. The predicted octanol–water partition coefficient (Wildman–Crippen LogP) is -0.157. The van der Waals surface area contributed by atoms with E-state index in [2.05, 4.69) is 4.90 Å². The molecule has 4 nitrogen and oxygen atoms in total. The molecule has 1 aliphatic heterocycles. The predicted molar refractivity (Wildman–Crippen MR) is 58.0 cm³/mol. The van der Waals surface area contributed by atoms with Gasteiger partial charge in [0.25, 0.3) is 0 Å². The van der Waals surface area contributed by atoms with E-state index in [0.29, 0.717) is 11.5 Å². The van der Waals surface area contributed by atoms with E-state index in [1.165, 1.54) is 0 Å². The van der Waals surface area contributed by atoms with Gasteiger partial charge in [-0.15, -0.1) is 0 Å². The lowest BCUT2D eigenvalue weighted by Crippen LogP contribution is -2.41. The number of hydrogen-bond donors (Lipinski definition) is 1. The van der Waals surface area contributed by atoms with Crippen molar-refractivity contribution in [2.24, 2.45) is 5.73 Å². The van der Waals surface area contributed by atoms with Crippen molar-refractivity contribution in [2.45, 2.75) is 31.8 Å². The van der Waals surface area contributed by atoms with Gasteiger partial charge in [0, 0.05) is 18.6 Å². The van der Waals surface area contributed by atoms with Gasteiger partial charge in [-0.2, -0.15) is 0 Å². The molecule has 5 heteroatoms. The first-order valence-corrected chi connectivity index (χ1v) is 6.93. The molecule has 1 aliphatic rings. The second kappa shape index (κ2) is 4.59. The zero-order valence-electron chi connectivity index (χ0n) is 8.94. The van der Waals surface area contributed by atoms with E-state index in [9.17, 15) is 8.42 Å². The summed E-state index contributed by atoms with van der Waals surface area (Å²) in [4.78, 5) is 2.08. The Morgan fingerprint density at radius 1 is 1.57 bits per heavy atom. The zero-order chi connectivity index (χ0) is 10.8. The molecular weight excluding hydrogens is 200 g/mol. The SMILES string of the molecule is CCC(N)CN(C)C1CCS(=O)(=O)C1. The van der Waals surface area contributed by atoms with Crippen LogP contribution in [0, 0.1) is 0 Å². The first-order valence-electron chi connectivity index (χ1n) is 5.11. The van der Waals surface area contributed by atoms with E-state index in [4.69, 9.17) is 5.73 Å². The van der Waals surface area contributed by atoms with Crippen molar-refractivity contribution in [1.82, 2.24) is 4.90 Å². The van der Waals surface area contributed by atoms with Crippen molar-refractivity contribution in [2.75, 3.05) is 25.1 Å². The molecule has 2 unspecified atom stereocenters. The highest BCUT2D eigenvalue weighted by atomic mass is 32.2. The lowest BCUT2D eigenvalue weighted by Gasteiger charge is -2.25. The molecule has 0 radical (unpaired) electrons. The first-order chi connectivity index (χ1) is 6.44. The molecule has 2 atom stereocenters. The average Bonchev–Trinajstić information content (AvgIpc) is 2.46. The fourth-order valence-electron chi connectivity index (χ4n) is 1.77. The first kappa shape index (κ1) is 11.9. The summed E-state index contributed by atoms with van der Waals surface area (Å²) in [6, 6.07) is 0.334. The van der Waals surface area contributed by atoms with Crippen molar-refractivity contribution in [3.63, 3.8) is 0 Å². The Morgan fingerprint density at radius 2 is 2.21 bits per heavy atom. The third kappa shape index (κ3) is 3.22. The Morgan fingerprint density at radius 3 is 2.64 bits per heavy atom. The van der Waals surface area contributed by atoms with E-state index in [0.717, 1.165) is 19.4 Å². The number of rotatable bonds is 4. The summed E-state index contributed by atoms with van der Waals surface area (Å²) in [6.45, 7) is 2.83. The molecule has 1 rings (SSSR count). The smallest absolute Gasteiger partial charge is 0.151 e. The van der Waals surface area contributed by atoms with Crippen LogP contribution in [0.2, 0.25) is 0 Å². The van der Waals surface area contributed by atoms with Crippen LogP contribution in [0.25, 0.3) is 0 Å². The third-order valence-electron chi connectivity index (χ3n) is 2.88. The van der Waals surface area contributed by atoms with Gasteiger partial charge in [0.15, 0.2) is 9.84 Å². The highest BCUT2D eigenvalue weighted by Gasteiger charge is 2.30. The van der Waals surface area contributed by atoms with E-state index >= 15 is 0 Å².